The summed E-state index contributed by atoms with van der Waals surface area (Å²) >= 11 is 3.45. The van der Waals surface area contributed by atoms with E-state index in [0.717, 1.165) is 16.4 Å². The molecule has 3 rings (SSSR count). The van der Waals surface area contributed by atoms with E-state index in [4.69, 9.17) is 0 Å². The van der Waals surface area contributed by atoms with Crippen LogP contribution in [0.2, 0.25) is 0 Å². The number of rotatable bonds is 0. The number of aryl methyl sites for hydroxylation is 2. The first-order valence-corrected chi connectivity index (χ1v) is 6.46. The van der Waals surface area contributed by atoms with Crippen LogP contribution in [0, 0.1) is 13.8 Å². The highest BCUT2D eigenvalue weighted by Crippen LogP contribution is 2.41. The molecule has 3 heterocycles. The predicted molar refractivity (Wildman–Crippen MR) is 65.1 cm³/mol. The highest BCUT2D eigenvalue weighted by Gasteiger charge is 2.15. The first-order valence-electron chi connectivity index (χ1n) is 4.83. The average Bonchev–Trinajstić information content (AvgIpc) is 2.65. The monoisotopic (exact) mass is 234 g/mol. The zero-order valence-corrected chi connectivity index (χ0v) is 10.2. The summed E-state index contributed by atoms with van der Waals surface area (Å²) < 4.78 is 0. The van der Waals surface area contributed by atoms with Crippen molar-refractivity contribution in [2.24, 2.45) is 10.2 Å². The molecule has 1 aliphatic heterocycles. The third-order valence-corrected chi connectivity index (χ3v) is 4.39. The molecule has 0 saturated heterocycles. The van der Waals surface area contributed by atoms with Crippen molar-refractivity contribution in [2.45, 2.75) is 20.3 Å². The maximum atomic E-state index is 4.32. The molecule has 76 valence electrons. The van der Waals surface area contributed by atoms with Gasteiger partial charge in [-0.3, -0.25) is 0 Å². The van der Waals surface area contributed by atoms with E-state index in [9.17, 15) is 0 Å². The molecule has 2 aromatic rings. The molecule has 4 heteroatoms. The lowest BCUT2D eigenvalue weighted by atomic mass is 10.1. The lowest BCUT2D eigenvalue weighted by molar-refractivity contribution is 1.23. The maximum Gasteiger partial charge on any atom is 0.142 e. The summed E-state index contributed by atoms with van der Waals surface area (Å²) in [5.74, 6) is 0. The van der Waals surface area contributed by atoms with E-state index in [1.165, 1.54) is 20.9 Å². The number of hydrogen-bond donors (Lipinski definition) is 0. The van der Waals surface area contributed by atoms with Crippen LogP contribution in [0.3, 0.4) is 0 Å². The summed E-state index contributed by atoms with van der Waals surface area (Å²) in [5.41, 5.74) is 2.63. The summed E-state index contributed by atoms with van der Waals surface area (Å²) in [7, 11) is 0. The van der Waals surface area contributed by atoms with Gasteiger partial charge in [-0.05, 0) is 37.1 Å². The SMILES string of the molecule is Cc1cc2c(s1)N=Nc1sc(C)cc1C2. The molecule has 2 aromatic heterocycles. The van der Waals surface area contributed by atoms with Crippen LogP contribution in [-0.4, -0.2) is 0 Å². The van der Waals surface area contributed by atoms with Gasteiger partial charge in [-0.2, -0.15) is 0 Å². The first kappa shape index (κ1) is 9.24. The van der Waals surface area contributed by atoms with E-state index in [0.29, 0.717) is 0 Å². The molecule has 0 fully saturated rings. The summed E-state index contributed by atoms with van der Waals surface area (Å²) in [6.45, 7) is 4.24. The van der Waals surface area contributed by atoms with Crippen molar-refractivity contribution in [2.75, 3.05) is 0 Å². The maximum absolute atomic E-state index is 4.32. The smallest absolute Gasteiger partial charge is 0.138 e. The van der Waals surface area contributed by atoms with E-state index in [2.05, 4.69) is 36.2 Å². The molecule has 0 unspecified atom stereocenters. The number of fused-ring (bicyclic) bond motifs is 2. The molecule has 0 aliphatic carbocycles. The minimum Gasteiger partial charge on any atom is -0.138 e. The fourth-order valence-electron chi connectivity index (χ4n) is 1.83. The second-order valence-corrected chi connectivity index (χ2v) is 6.22. The second kappa shape index (κ2) is 3.25. The molecule has 0 aromatic carbocycles. The Balaban J connectivity index is 2.15. The van der Waals surface area contributed by atoms with Crippen molar-refractivity contribution in [1.82, 2.24) is 0 Å². The van der Waals surface area contributed by atoms with Gasteiger partial charge in [0.2, 0.25) is 0 Å². The fourth-order valence-corrected chi connectivity index (χ4v) is 3.53. The summed E-state index contributed by atoms with van der Waals surface area (Å²) in [6.07, 6.45) is 0.979. The molecule has 0 bridgehead atoms. The van der Waals surface area contributed by atoms with Gasteiger partial charge in [-0.1, -0.05) is 0 Å². The molecule has 0 atom stereocenters. The fraction of sp³-hybridized carbons (Fsp3) is 0.273. The first-order chi connectivity index (χ1) is 7.22. The third kappa shape index (κ3) is 1.54. The molecule has 0 spiro atoms. The molecular formula is C11H10N2S2. The van der Waals surface area contributed by atoms with Crippen molar-refractivity contribution < 1.29 is 0 Å². The van der Waals surface area contributed by atoms with E-state index < -0.39 is 0 Å². The van der Waals surface area contributed by atoms with Gasteiger partial charge < -0.3 is 0 Å². The van der Waals surface area contributed by atoms with E-state index in [1.807, 2.05) is 0 Å². The van der Waals surface area contributed by atoms with E-state index >= 15 is 0 Å². The van der Waals surface area contributed by atoms with Crippen LogP contribution in [-0.2, 0) is 6.42 Å². The van der Waals surface area contributed by atoms with Crippen molar-refractivity contribution in [3.8, 4) is 0 Å². The van der Waals surface area contributed by atoms with Crippen LogP contribution in [0.25, 0.3) is 0 Å². The Hall–Kier alpha value is -1.00. The Morgan fingerprint density at radius 3 is 1.87 bits per heavy atom. The predicted octanol–water partition coefficient (Wildman–Crippen LogP) is 4.75. The highest BCUT2D eigenvalue weighted by atomic mass is 32.1. The van der Waals surface area contributed by atoms with Crippen LogP contribution >= 0.6 is 22.7 Å². The van der Waals surface area contributed by atoms with Gasteiger partial charge >= 0.3 is 0 Å². The molecule has 0 saturated carbocycles. The Labute approximate surface area is 96.3 Å². The van der Waals surface area contributed by atoms with Gasteiger partial charge in [0.05, 0.1) is 0 Å². The van der Waals surface area contributed by atoms with Gasteiger partial charge in [-0.15, -0.1) is 32.9 Å². The second-order valence-electron chi connectivity index (χ2n) is 3.75. The Kier molecular flexibility index (Phi) is 2.00. The molecular weight excluding hydrogens is 224 g/mol. The van der Waals surface area contributed by atoms with Gasteiger partial charge in [0, 0.05) is 16.2 Å². The molecule has 0 N–H and O–H groups in total. The third-order valence-electron chi connectivity index (χ3n) is 2.43. The summed E-state index contributed by atoms with van der Waals surface area (Å²) in [5, 5.41) is 10.8. The molecule has 1 aliphatic rings. The van der Waals surface area contributed by atoms with Gasteiger partial charge in [-0.25, -0.2) is 0 Å². The number of nitrogens with zero attached hydrogens (tertiary/aromatic N) is 2. The van der Waals surface area contributed by atoms with Gasteiger partial charge in [0.1, 0.15) is 10.0 Å². The van der Waals surface area contributed by atoms with Crippen LogP contribution in [0.15, 0.2) is 22.4 Å². The minimum absolute atomic E-state index is 0.979. The Morgan fingerprint density at radius 2 is 1.40 bits per heavy atom. The van der Waals surface area contributed by atoms with Crippen LogP contribution in [0.4, 0.5) is 10.0 Å². The van der Waals surface area contributed by atoms with Gasteiger partial charge in [0.25, 0.3) is 0 Å². The van der Waals surface area contributed by atoms with Crippen LogP contribution < -0.4 is 0 Å². The van der Waals surface area contributed by atoms with E-state index in [-0.39, 0.29) is 0 Å². The van der Waals surface area contributed by atoms with Gasteiger partial charge in [0.15, 0.2) is 0 Å². The van der Waals surface area contributed by atoms with Crippen molar-refractivity contribution in [3.63, 3.8) is 0 Å². The lowest BCUT2D eigenvalue weighted by Gasteiger charge is -1.93. The Morgan fingerprint density at radius 1 is 0.933 bits per heavy atom. The largest absolute Gasteiger partial charge is 0.142 e. The topological polar surface area (TPSA) is 24.7 Å². The molecule has 0 radical (unpaired) electrons. The molecule has 15 heavy (non-hydrogen) atoms. The lowest BCUT2D eigenvalue weighted by Crippen LogP contribution is -1.81. The molecule has 0 amide bonds. The Bertz CT molecular complexity index is 501. The number of azo groups is 1. The van der Waals surface area contributed by atoms with E-state index in [1.54, 1.807) is 22.7 Å². The number of hydrogen-bond acceptors (Lipinski definition) is 4. The van der Waals surface area contributed by atoms with Crippen molar-refractivity contribution in [3.05, 3.63) is 33.0 Å². The molecule has 2 nitrogen and oxygen atoms in total. The summed E-state index contributed by atoms with van der Waals surface area (Å²) in [6, 6.07) is 4.45. The van der Waals surface area contributed by atoms with Crippen LogP contribution in [0.1, 0.15) is 20.9 Å². The van der Waals surface area contributed by atoms with Crippen molar-refractivity contribution >= 4 is 32.7 Å². The zero-order chi connectivity index (χ0) is 10.4. The van der Waals surface area contributed by atoms with Crippen molar-refractivity contribution in [1.29, 1.82) is 0 Å². The van der Waals surface area contributed by atoms with Crippen LogP contribution in [0.5, 0.6) is 0 Å². The number of thiophene rings is 2. The zero-order valence-electron chi connectivity index (χ0n) is 8.57. The minimum atomic E-state index is 0.979. The standard InChI is InChI=1S/C11H10N2S2/c1-6-3-8-5-9-4-7(2)15-11(9)13-12-10(8)14-6/h3-4H,5H2,1-2H3. The average molecular weight is 234 g/mol. The normalized spacial score (nSPS) is 13.5. The quantitative estimate of drug-likeness (QED) is 0.536. The summed E-state index contributed by atoms with van der Waals surface area (Å²) in [4.78, 5) is 2.63. The highest BCUT2D eigenvalue weighted by molar-refractivity contribution is 7.16.